The first-order valence-corrected chi connectivity index (χ1v) is 5.37. The second-order valence-corrected chi connectivity index (χ2v) is 4.06. The van der Waals surface area contributed by atoms with Crippen LogP contribution in [0.15, 0.2) is 30.3 Å². The molecule has 1 aromatic carbocycles. The van der Waals surface area contributed by atoms with E-state index >= 15 is 0 Å². The van der Waals surface area contributed by atoms with Gasteiger partial charge >= 0.3 is 0 Å². The van der Waals surface area contributed by atoms with Gasteiger partial charge in [-0.3, -0.25) is 10.2 Å². The predicted molar refractivity (Wildman–Crippen MR) is 69.7 cm³/mol. The van der Waals surface area contributed by atoms with Crippen LogP contribution in [0, 0.1) is 5.41 Å². The van der Waals surface area contributed by atoms with Crippen molar-refractivity contribution >= 4 is 24.1 Å². The molecular formula is C12H16ClN3O. The van der Waals surface area contributed by atoms with Crippen molar-refractivity contribution in [3.8, 4) is 0 Å². The number of nitrogens with zero attached hydrogens (tertiary/aromatic N) is 1. The average molecular weight is 254 g/mol. The van der Waals surface area contributed by atoms with Crippen LogP contribution in [0.3, 0.4) is 0 Å². The Morgan fingerprint density at radius 2 is 1.94 bits per heavy atom. The van der Waals surface area contributed by atoms with E-state index in [-0.39, 0.29) is 36.7 Å². The molecule has 92 valence electrons. The Morgan fingerprint density at radius 1 is 1.35 bits per heavy atom. The Labute approximate surface area is 107 Å². The Bertz CT molecular complexity index is 403. The summed E-state index contributed by atoms with van der Waals surface area (Å²) in [7, 11) is 0. The molecule has 1 amide bonds. The Hall–Kier alpha value is -1.55. The quantitative estimate of drug-likeness (QED) is 0.633. The van der Waals surface area contributed by atoms with E-state index < -0.39 is 0 Å². The minimum atomic E-state index is -0.0294. The Balaban J connectivity index is 0.00000144. The molecule has 0 saturated heterocycles. The van der Waals surface area contributed by atoms with E-state index in [2.05, 4.69) is 0 Å². The summed E-state index contributed by atoms with van der Waals surface area (Å²) in [4.78, 5) is 13.8. The van der Waals surface area contributed by atoms with E-state index in [0.717, 1.165) is 12.8 Å². The molecule has 0 radical (unpaired) electrons. The monoisotopic (exact) mass is 253 g/mol. The number of rotatable bonds is 4. The molecule has 0 aliphatic heterocycles. The van der Waals surface area contributed by atoms with E-state index in [9.17, 15) is 4.79 Å². The molecule has 1 aliphatic carbocycles. The number of hydrogen-bond donors (Lipinski definition) is 2. The van der Waals surface area contributed by atoms with Crippen LogP contribution < -0.4 is 5.73 Å². The van der Waals surface area contributed by atoms with Gasteiger partial charge in [-0.1, -0.05) is 18.2 Å². The number of nitrogens with one attached hydrogen (secondary N) is 1. The molecule has 0 spiro atoms. The molecule has 4 nitrogen and oxygen atoms in total. The summed E-state index contributed by atoms with van der Waals surface area (Å²) in [5.74, 6) is 0.00878. The molecule has 1 fully saturated rings. The lowest BCUT2D eigenvalue weighted by Gasteiger charge is -2.21. The molecule has 0 heterocycles. The Kier molecular flexibility index (Phi) is 4.52. The maximum Gasteiger partial charge on any atom is 0.254 e. The number of amidine groups is 1. The van der Waals surface area contributed by atoms with Gasteiger partial charge in [-0.05, 0) is 25.0 Å². The first-order valence-electron chi connectivity index (χ1n) is 5.37. The van der Waals surface area contributed by atoms with Crippen molar-refractivity contribution < 1.29 is 4.79 Å². The van der Waals surface area contributed by atoms with Crippen molar-refractivity contribution in [3.63, 3.8) is 0 Å². The molecular weight excluding hydrogens is 238 g/mol. The highest BCUT2D eigenvalue weighted by Crippen LogP contribution is 2.27. The molecule has 0 aromatic heterocycles. The zero-order valence-corrected chi connectivity index (χ0v) is 10.2. The van der Waals surface area contributed by atoms with Gasteiger partial charge in [0.25, 0.3) is 5.91 Å². The second-order valence-electron chi connectivity index (χ2n) is 4.06. The zero-order valence-electron chi connectivity index (χ0n) is 9.43. The summed E-state index contributed by atoms with van der Waals surface area (Å²) in [6, 6.07) is 9.41. The lowest BCUT2D eigenvalue weighted by atomic mass is 10.2. The molecule has 1 aromatic rings. The van der Waals surface area contributed by atoms with Gasteiger partial charge in [0.05, 0.1) is 6.54 Å². The molecule has 5 heteroatoms. The number of nitrogens with two attached hydrogens (primary N) is 1. The fourth-order valence-corrected chi connectivity index (χ4v) is 1.68. The van der Waals surface area contributed by atoms with Crippen molar-refractivity contribution in [3.05, 3.63) is 35.9 Å². The van der Waals surface area contributed by atoms with Gasteiger partial charge in [0, 0.05) is 11.6 Å². The van der Waals surface area contributed by atoms with Crippen molar-refractivity contribution in [2.24, 2.45) is 5.73 Å². The van der Waals surface area contributed by atoms with E-state index in [1.54, 1.807) is 17.0 Å². The fraction of sp³-hybridized carbons (Fsp3) is 0.333. The van der Waals surface area contributed by atoms with Crippen LogP contribution in [0.4, 0.5) is 0 Å². The third kappa shape index (κ3) is 3.46. The number of halogens is 1. The van der Waals surface area contributed by atoms with Gasteiger partial charge in [0.2, 0.25) is 0 Å². The molecule has 0 bridgehead atoms. The van der Waals surface area contributed by atoms with Crippen molar-refractivity contribution in [1.82, 2.24) is 4.90 Å². The summed E-state index contributed by atoms with van der Waals surface area (Å²) >= 11 is 0. The topological polar surface area (TPSA) is 70.2 Å². The smallest absolute Gasteiger partial charge is 0.254 e. The molecule has 3 N–H and O–H groups in total. The van der Waals surface area contributed by atoms with Crippen LogP contribution in [-0.2, 0) is 0 Å². The number of benzene rings is 1. The minimum absolute atomic E-state index is 0. The maximum atomic E-state index is 12.1. The molecule has 1 saturated carbocycles. The van der Waals surface area contributed by atoms with Crippen LogP contribution >= 0.6 is 12.4 Å². The van der Waals surface area contributed by atoms with Crippen LogP contribution in [-0.4, -0.2) is 29.2 Å². The molecule has 1 aliphatic rings. The van der Waals surface area contributed by atoms with Crippen LogP contribution in [0.25, 0.3) is 0 Å². The third-order valence-electron chi connectivity index (χ3n) is 2.61. The van der Waals surface area contributed by atoms with Crippen LogP contribution in [0.5, 0.6) is 0 Å². The standard InChI is InChI=1S/C12H15N3O.ClH/c13-11(14)8-15(10-6-7-10)12(16)9-4-2-1-3-5-9;/h1-5,10H,6-8H2,(H3,13,14);1H. The van der Waals surface area contributed by atoms with Gasteiger partial charge in [-0.15, -0.1) is 12.4 Å². The lowest BCUT2D eigenvalue weighted by molar-refractivity contribution is 0.0768. The summed E-state index contributed by atoms with van der Waals surface area (Å²) in [6.45, 7) is 0.235. The first-order chi connectivity index (χ1) is 7.68. The van der Waals surface area contributed by atoms with Gasteiger partial charge in [-0.25, -0.2) is 0 Å². The number of amides is 1. The van der Waals surface area contributed by atoms with Gasteiger partial charge in [-0.2, -0.15) is 0 Å². The van der Waals surface area contributed by atoms with E-state index in [1.165, 1.54) is 0 Å². The highest BCUT2D eigenvalue weighted by Gasteiger charge is 2.33. The number of carbonyl (C=O) groups excluding carboxylic acids is 1. The van der Waals surface area contributed by atoms with Crippen molar-refractivity contribution in [2.45, 2.75) is 18.9 Å². The normalized spacial score (nSPS) is 13.6. The van der Waals surface area contributed by atoms with Crippen LogP contribution in [0.2, 0.25) is 0 Å². The van der Waals surface area contributed by atoms with Crippen molar-refractivity contribution in [2.75, 3.05) is 6.54 Å². The highest BCUT2D eigenvalue weighted by molar-refractivity contribution is 5.97. The largest absolute Gasteiger partial charge is 0.386 e. The van der Waals surface area contributed by atoms with Gasteiger partial charge in [0.1, 0.15) is 5.84 Å². The van der Waals surface area contributed by atoms with Crippen LogP contribution in [0.1, 0.15) is 23.2 Å². The third-order valence-corrected chi connectivity index (χ3v) is 2.61. The molecule has 0 atom stereocenters. The molecule has 0 unspecified atom stereocenters. The highest BCUT2D eigenvalue weighted by atomic mass is 35.5. The van der Waals surface area contributed by atoms with Gasteiger partial charge in [0.15, 0.2) is 0 Å². The minimum Gasteiger partial charge on any atom is -0.386 e. The predicted octanol–water partition coefficient (Wildman–Crippen LogP) is 1.65. The van der Waals surface area contributed by atoms with E-state index in [1.807, 2.05) is 18.2 Å². The van der Waals surface area contributed by atoms with Gasteiger partial charge < -0.3 is 10.6 Å². The average Bonchev–Trinajstić information content (AvgIpc) is 3.10. The van der Waals surface area contributed by atoms with Crippen molar-refractivity contribution in [1.29, 1.82) is 5.41 Å². The summed E-state index contributed by atoms with van der Waals surface area (Å²) in [5.41, 5.74) is 6.03. The van der Waals surface area contributed by atoms with E-state index in [4.69, 9.17) is 11.1 Å². The van der Waals surface area contributed by atoms with E-state index in [0.29, 0.717) is 5.56 Å². The summed E-state index contributed by atoms with van der Waals surface area (Å²) in [6.07, 6.45) is 2.04. The SMILES string of the molecule is Cl.N=C(N)CN(C(=O)c1ccccc1)C1CC1. The Morgan fingerprint density at radius 3 is 2.41 bits per heavy atom. The maximum absolute atomic E-state index is 12.1. The first kappa shape index (κ1) is 13.5. The second kappa shape index (κ2) is 5.68. The fourth-order valence-electron chi connectivity index (χ4n) is 1.68. The lowest BCUT2D eigenvalue weighted by Crippen LogP contribution is -2.39. The zero-order chi connectivity index (χ0) is 11.5. The summed E-state index contributed by atoms with van der Waals surface area (Å²) in [5, 5.41) is 7.29. The number of hydrogen-bond acceptors (Lipinski definition) is 2. The summed E-state index contributed by atoms with van der Waals surface area (Å²) < 4.78 is 0. The molecule has 2 rings (SSSR count). The number of carbonyl (C=O) groups is 1. The molecule has 17 heavy (non-hydrogen) atoms.